The van der Waals surface area contributed by atoms with Crippen LogP contribution in [0.4, 0.5) is 5.69 Å². The summed E-state index contributed by atoms with van der Waals surface area (Å²) in [5, 5.41) is 32.4. The summed E-state index contributed by atoms with van der Waals surface area (Å²) in [5.74, 6) is -0.211. The molecule has 0 amide bonds. The zero-order valence-electron chi connectivity index (χ0n) is 9.66. The van der Waals surface area contributed by atoms with Gasteiger partial charge in [0.25, 0.3) is 6.17 Å². The van der Waals surface area contributed by atoms with Crippen molar-refractivity contribution in [2.24, 2.45) is 10.2 Å². The highest BCUT2D eigenvalue weighted by molar-refractivity contribution is 5.38. The minimum Gasteiger partial charge on any atom is -0.472 e. The SMILES string of the molecule is CCOc1nn([C@@H]2N=NC=C2[N+](=O)[O-])cc1[N+](=O)[O-]. The molecule has 1 atom stereocenters. The van der Waals surface area contributed by atoms with Crippen molar-refractivity contribution in [3.05, 3.63) is 38.3 Å². The summed E-state index contributed by atoms with van der Waals surface area (Å²) < 4.78 is 5.98. The molecule has 0 N–H and O–H groups in total. The van der Waals surface area contributed by atoms with Crippen LogP contribution in [0.1, 0.15) is 13.1 Å². The highest BCUT2D eigenvalue weighted by atomic mass is 16.6. The fourth-order valence-electron chi connectivity index (χ4n) is 1.47. The van der Waals surface area contributed by atoms with Gasteiger partial charge in [0.2, 0.25) is 0 Å². The largest absolute Gasteiger partial charge is 0.472 e. The molecule has 0 radical (unpaired) electrons. The number of hydrogen-bond donors (Lipinski definition) is 0. The highest BCUT2D eigenvalue weighted by Crippen LogP contribution is 2.31. The molecule has 0 unspecified atom stereocenters. The summed E-state index contributed by atoms with van der Waals surface area (Å²) >= 11 is 0. The van der Waals surface area contributed by atoms with Crippen LogP contribution in [0, 0.1) is 20.2 Å². The zero-order chi connectivity index (χ0) is 14.0. The number of nitro groups is 2. The molecule has 19 heavy (non-hydrogen) atoms. The third kappa shape index (κ3) is 2.25. The summed E-state index contributed by atoms with van der Waals surface area (Å²) in [4.78, 5) is 20.2. The Bertz CT molecular complexity index is 590. The third-order valence-electron chi connectivity index (χ3n) is 2.25. The molecule has 2 rings (SSSR count). The van der Waals surface area contributed by atoms with Gasteiger partial charge in [0, 0.05) is 0 Å². The van der Waals surface area contributed by atoms with E-state index in [0.29, 0.717) is 0 Å². The Balaban J connectivity index is 2.38. The Kier molecular flexibility index (Phi) is 3.18. The molecule has 1 aliphatic heterocycles. The van der Waals surface area contributed by atoms with E-state index in [-0.39, 0.29) is 23.9 Å². The van der Waals surface area contributed by atoms with Crippen LogP contribution in [0.3, 0.4) is 0 Å². The fraction of sp³-hybridized carbons (Fsp3) is 0.375. The van der Waals surface area contributed by atoms with Crippen LogP contribution in [0.5, 0.6) is 5.88 Å². The molecule has 0 spiro atoms. The Hall–Kier alpha value is -2.85. The van der Waals surface area contributed by atoms with Crippen LogP contribution in [-0.2, 0) is 0 Å². The van der Waals surface area contributed by atoms with E-state index in [2.05, 4.69) is 15.3 Å². The van der Waals surface area contributed by atoms with Gasteiger partial charge in [-0.15, -0.1) is 10.2 Å². The minimum atomic E-state index is -1.12. The van der Waals surface area contributed by atoms with E-state index in [1.54, 1.807) is 6.92 Å². The Morgan fingerprint density at radius 2 is 2.16 bits per heavy atom. The predicted molar refractivity (Wildman–Crippen MR) is 59.0 cm³/mol. The van der Waals surface area contributed by atoms with E-state index in [9.17, 15) is 20.2 Å². The molecule has 2 heterocycles. The van der Waals surface area contributed by atoms with Crippen LogP contribution in [0.2, 0.25) is 0 Å². The number of nitrogens with zero attached hydrogens (tertiary/aromatic N) is 6. The molecule has 11 heteroatoms. The van der Waals surface area contributed by atoms with Crippen molar-refractivity contribution >= 4 is 5.69 Å². The highest BCUT2D eigenvalue weighted by Gasteiger charge is 2.34. The lowest BCUT2D eigenvalue weighted by Gasteiger charge is -2.03. The number of ether oxygens (including phenoxy) is 1. The molecular formula is C8H8N6O5. The maximum Gasteiger partial charge on any atom is 0.350 e. The van der Waals surface area contributed by atoms with Gasteiger partial charge in [0.15, 0.2) is 0 Å². The number of hydrogen-bond acceptors (Lipinski definition) is 8. The van der Waals surface area contributed by atoms with Crippen molar-refractivity contribution in [2.75, 3.05) is 6.61 Å². The van der Waals surface area contributed by atoms with E-state index in [4.69, 9.17) is 4.74 Å². The Labute approximate surface area is 105 Å². The summed E-state index contributed by atoms with van der Waals surface area (Å²) in [6.45, 7) is 1.82. The maximum atomic E-state index is 10.8. The molecule has 0 aromatic carbocycles. The van der Waals surface area contributed by atoms with Gasteiger partial charge < -0.3 is 4.74 Å². The van der Waals surface area contributed by atoms with E-state index in [1.165, 1.54) is 0 Å². The summed E-state index contributed by atoms with van der Waals surface area (Å²) in [6, 6.07) is 0. The van der Waals surface area contributed by atoms with Crippen LogP contribution >= 0.6 is 0 Å². The Morgan fingerprint density at radius 1 is 1.42 bits per heavy atom. The van der Waals surface area contributed by atoms with E-state index in [0.717, 1.165) is 17.1 Å². The lowest BCUT2D eigenvalue weighted by Crippen LogP contribution is -2.13. The van der Waals surface area contributed by atoms with Crippen molar-refractivity contribution in [1.29, 1.82) is 0 Å². The number of aromatic nitrogens is 2. The van der Waals surface area contributed by atoms with Crippen LogP contribution < -0.4 is 4.74 Å². The topological polar surface area (TPSA) is 138 Å². The molecular weight excluding hydrogens is 260 g/mol. The van der Waals surface area contributed by atoms with Gasteiger partial charge in [-0.25, -0.2) is 4.68 Å². The van der Waals surface area contributed by atoms with E-state index < -0.39 is 16.0 Å². The average molecular weight is 268 g/mol. The summed E-state index contributed by atoms with van der Waals surface area (Å²) in [5.41, 5.74) is -0.702. The summed E-state index contributed by atoms with van der Waals surface area (Å²) in [7, 11) is 0. The summed E-state index contributed by atoms with van der Waals surface area (Å²) in [6.07, 6.45) is 0.874. The normalized spacial score (nSPS) is 17.3. The van der Waals surface area contributed by atoms with E-state index in [1.807, 2.05) is 0 Å². The number of rotatable bonds is 5. The quantitative estimate of drug-likeness (QED) is 0.582. The lowest BCUT2D eigenvalue weighted by molar-refractivity contribution is -0.431. The zero-order valence-corrected chi connectivity index (χ0v) is 9.66. The van der Waals surface area contributed by atoms with Gasteiger partial charge in [0.1, 0.15) is 12.4 Å². The van der Waals surface area contributed by atoms with Gasteiger partial charge >= 0.3 is 17.3 Å². The lowest BCUT2D eigenvalue weighted by atomic mass is 10.4. The molecule has 0 aliphatic carbocycles. The third-order valence-corrected chi connectivity index (χ3v) is 2.25. The molecule has 11 nitrogen and oxygen atoms in total. The van der Waals surface area contributed by atoms with E-state index >= 15 is 0 Å². The monoisotopic (exact) mass is 268 g/mol. The number of azo groups is 1. The first-order valence-corrected chi connectivity index (χ1v) is 5.15. The van der Waals surface area contributed by atoms with Gasteiger partial charge in [-0.1, -0.05) is 0 Å². The molecule has 0 saturated heterocycles. The molecule has 1 aromatic rings. The molecule has 100 valence electrons. The molecule has 0 saturated carbocycles. The van der Waals surface area contributed by atoms with Gasteiger partial charge in [-0.2, -0.15) is 5.11 Å². The second-order valence-electron chi connectivity index (χ2n) is 3.41. The first-order chi connectivity index (χ1) is 9.04. The molecule has 1 aromatic heterocycles. The second kappa shape index (κ2) is 4.80. The van der Waals surface area contributed by atoms with Crippen molar-refractivity contribution in [3.63, 3.8) is 0 Å². The molecule has 0 bridgehead atoms. The van der Waals surface area contributed by atoms with Crippen LogP contribution in [-0.4, -0.2) is 26.2 Å². The second-order valence-corrected chi connectivity index (χ2v) is 3.41. The first kappa shape index (κ1) is 12.6. The van der Waals surface area contributed by atoms with Crippen LogP contribution in [0.15, 0.2) is 28.3 Å². The van der Waals surface area contributed by atoms with Crippen molar-refractivity contribution in [3.8, 4) is 5.88 Å². The van der Waals surface area contributed by atoms with Crippen molar-refractivity contribution in [1.82, 2.24) is 9.78 Å². The van der Waals surface area contributed by atoms with Crippen molar-refractivity contribution < 1.29 is 14.6 Å². The smallest absolute Gasteiger partial charge is 0.350 e. The maximum absolute atomic E-state index is 10.8. The Morgan fingerprint density at radius 3 is 2.74 bits per heavy atom. The standard InChI is InChI=1S/C8H8N6O5/c1-2-19-8-6(14(17)18)4-12(11-8)7-5(13(15)16)3-9-10-7/h3-4,7H,2H2,1H3/t7-/m0/s1. The fourth-order valence-corrected chi connectivity index (χ4v) is 1.47. The van der Waals surface area contributed by atoms with Crippen LogP contribution in [0.25, 0.3) is 0 Å². The van der Waals surface area contributed by atoms with Crippen molar-refractivity contribution in [2.45, 2.75) is 13.1 Å². The van der Waals surface area contributed by atoms with Gasteiger partial charge in [-0.3, -0.25) is 20.2 Å². The molecule has 0 fully saturated rings. The predicted octanol–water partition coefficient (Wildman–Crippen LogP) is 1.27. The van der Waals surface area contributed by atoms with Gasteiger partial charge in [-0.05, 0) is 6.92 Å². The molecule has 1 aliphatic rings. The average Bonchev–Trinajstić information content (AvgIpc) is 2.93. The minimum absolute atomic E-state index is 0.183. The van der Waals surface area contributed by atoms with Gasteiger partial charge in [0.05, 0.1) is 16.5 Å². The first-order valence-electron chi connectivity index (χ1n) is 5.15.